The van der Waals surface area contributed by atoms with E-state index in [9.17, 15) is 0 Å². The van der Waals surface area contributed by atoms with Gasteiger partial charge in [0.25, 0.3) is 0 Å². The predicted octanol–water partition coefficient (Wildman–Crippen LogP) is 4.87. The van der Waals surface area contributed by atoms with Crippen molar-refractivity contribution in [3.05, 3.63) is 29.8 Å². The molecule has 20 heavy (non-hydrogen) atoms. The molecule has 0 aliphatic carbocycles. The SMILES string of the molecule is CCOC(=S)c1ccc(N([Si](C)(C)C)[Si](C)(C)C)cc1. The van der Waals surface area contributed by atoms with Gasteiger partial charge in [0.1, 0.15) is 16.5 Å². The molecule has 0 unspecified atom stereocenters. The predicted molar refractivity (Wildman–Crippen MR) is 98.9 cm³/mol. The summed E-state index contributed by atoms with van der Waals surface area (Å²) in [7, 11) is -2.78. The third-order valence-electron chi connectivity index (χ3n) is 2.98. The summed E-state index contributed by atoms with van der Waals surface area (Å²) < 4.78 is 8.10. The Morgan fingerprint density at radius 2 is 1.45 bits per heavy atom. The minimum Gasteiger partial charge on any atom is -0.483 e. The van der Waals surface area contributed by atoms with Crippen molar-refractivity contribution >= 4 is 39.4 Å². The van der Waals surface area contributed by atoms with E-state index in [0.717, 1.165) is 5.56 Å². The number of thiocarbonyl (C=S) groups is 1. The Morgan fingerprint density at radius 1 is 1.00 bits per heavy atom. The molecule has 5 heteroatoms. The molecule has 0 atom stereocenters. The Morgan fingerprint density at radius 3 is 1.80 bits per heavy atom. The summed E-state index contributed by atoms with van der Waals surface area (Å²) in [6.07, 6.45) is 0. The van der Waals surface area contributed by atoms with Crippen LogP contribution in [0.25, 0.3) is 0 Å². The fourth-order valence-corrected chi connectivity index (χ4v) is 12.9. The van der Waals surface area contributed by atoms with Gasteiger partial charge < -0.3 is 8.97 Å². The van der Waals surface area contributed by atoms with Gasteiger partial charge in [0.15, 0.2) is 5.05 Å². The Hall–Kier alpha value is -0.656. The average molecular weight is 326 g/mol. The molecule has 1 aromatic rings. The highest BCUT2D eigenvalue weighted by Crippen LogP contribution is 2.28. The number of hydrogen-bond donors (Lipinski definition) is 0. The first kappa shape index (κ1) is 17.4. The highest BCUT2D eigenvalue weighted by atomic mass is 32.1. The summed E-state index contributed by atoms with van der Waals surface area (Å²) in [6.45, 7) is 17.0. The molecular formula is C15H27NOSSi2. The molecule has 0 radical (unpaired) electrons. The molecular weight excluding hydrogens is 298 g/mol. The lowest BCUT2D eigenvalue weighted by Gasteiger charge is -2.46. The van der Waals surface area contributed by atoms with Gasteiger partial charge in [0.2, 0.25) is 0 Å². The van der Waals surface area contributed by atoms with Gasteiger partial charge in [-0.2, -0.15) is 0 Å². The minimum absolute atomic E-state index is 0.589. The maximum absolute atomic E-state index is 5.40. The quantitative estimate of drug-likeness (QED) is 0.566. The van der Waals surface area contributed by atoms with Gasteiger partial charge in [0, 0.05) is 11.3 Å². The van der Waals surface area contributed by atoms with E-state index >= 15 is 0 Å². The van der Waals surface area contributed by atoms with Crippen molar-refractivity contribution in [3.8, 4) is 0 Å². The van der Waals surface area contributed by atoms with Crippen molar-refractivity contribution in [1.29, 1.82) is 0 Å². The van der Waals surface area contributed by atoms with Crippen LogP contribution < -0.4 is 4.23 Å². The maximum atomic E-state index is 5.40. The highest BCUT2D eigenvalue weighted by molar-refractivity contribution is 7.80. The molecule has 0 aromatic heterocycles. The van der Waals surface area contributed by atoms with Gasteiger partial charge in [-0.05, 0) is 43.4 Å². The van der Waals surface area contributed by atoms with Crippen LogP contribution in [0.4, 0.5) is 5.69 Å². The minimum atomic E-state index is -1.39. The van der Waals surface area contributed by atoms with Crippen molar-refractivity contribution < 1.29 is 4.74 Å². The van der Waals surface area contributed by atoms with E-state index in [2.05, 4.69) is 67.8 Å². The van der Waals surface area contributed by atoms with Crippen molar-refractivity contribution in [1.82, 2.24) is 0 Å². The van der Waals surface area contributed by atoms with Crippen LogP contribution in [0.1, 0.15) is 12.5 Å². The molecule has 0 aliphatic rings. The molecule has 1 aromatic carbocycles. The number of benzene rings is 1. The van der Waals surface area contributed by atoms with Gasteiger partial charge in [-0.1, -0.05) is 39.3 Å². The van der Waals surface area contributed by atoms with Crippen LogP contribution in [0.5, 0.6) is 0 Å². The summed E-state index contributed by atoms with van der Waals surface area (Å²) in [6, 6.07) is 8.55. The molecule has 0 heterocycles. The van der Waals surface area contributed by atoms with E-state index in [0.29, 0.717) is 11.7 Å². The third kappa shape index (κ3) is 4.43. The first-order valence-electron chi connectivity index (χ1n) is 7.15. The summed E-state index contributed by atoms with van der Waals surface area (Å²) >= 11 is 5.26. The molecule has 2 nitrogen and oxygen atoms in total. The summed E-state index contributed by atoms with van der Waals surface area (Å²) in [5, 5.41) is 0.589. The van der Waals surface area contributed by atoms with E-state index in [1.165, 1.54) is 5.69 Å². The van der Waals surface area contributed by atoms with Crippen LogP contribution in [0.15, 0.2) is 24.3 Å². The lowest BCUT2D eigenvalue weighted by atomic mass is 10.2. The van der Waals surface area contributed by atoms with Crippen LogP contribution in [0.3, 0.4) is 0 Å². The summed E-state index contributed by atoms with van der Waals surface area (Å²) in [5.41, 5.74) is 2.32. The summed E-state index contributed by atoms with van der Waals surface area (Å²) in [4.78, 5) is 0. The average Bonchev–Trinajstić information content (AvgIpc) is 2.26. The van der Waals surface area contributed by atoms with E-state index in [4.69, 9.17) is 17.0 Å². The van der Waals surface area contributed by atoms with E-state index in [-0.39, 0.29) is 0 Å². The number of hydrogen-bond acceptors (Lipinski definition) is 3. The molecule has 0 spiro atoms. The Kier molecular flexibility index (Phi) is 5.57. The second kappa shape index (κ2) is 6.41. The van der Waals surface area contributed by atoms with Gasteiger partial charge >= 0.3 is 0 Å². The molecule has 112 valence electrons. The molecule has 0 N–H and O–H groups in total. The zero-order chi connectivity index (χ0) is 15.6. The fourth-order valence-electron chi connectivity index (χ4n) is 2.74. The number of ether oxygens (including phenoxy) is 1. The Balaban J connectivity index is 3.10. The smallest absolute Gasteiger partial charge is 0.191 e. The molecule has 0 amide bonds. The fraction of sp³-hybridized carbons (Fsp3) is 0.533. The van der Waals surface area contributed by atoms with Crippen molar-refractivity contribution in [2.45, 2.75) is 46.2 Å². The third-order valence-corrected chi connectivity index (χ3v) is 10.6. The van der Waals surface area contributed by atoms with Crippen molar-refractivity contribution in [2.24, 2.45) is 0 Å². The molecule has 0 saturated carbocycles. The van der Waals surface area contributed by atoms with Crippen LogP contribution in [0.2, 0.25) is 39.3 Å². The number of nitrogens with zero attached hydrogens (tertiary/aromatic N) is 1. The standard InChI is InChI=1S/C15H27NOSSi2/c1-8-17-15(18)13-9-11-14(12-10-13)16(19(2,3)4)20(5,6)7/h9-12H,8H2,1-7H3. The van der Waals surface area contributed by atoms with Gasteiger partial charge in [-0.25, -0.2) is 0 Å². The zero-order valence-electron chi connectivity index (χ0n) is 13.8. The van der Waals surface area contributed by atoms with E-state index in [1.54, 1.807) is 0 Å². The zero-order valence-corrected chi connectivity index (χ0v) is 16.6. The molecule has 0 fully saturated rings. The van der Waals surface area contributed by atoms with Crippen LogP contribution in [-0.2, 0) is 4.74 Å². The molecule has 0 saturated heterocycles. The van der Waals surface area contributed by atoms with E-state index in [1.807, 2.05) is 6.92 Å². The topological polar surface area (TPSA) is 12.5 Å². The van der Waals surface area contributed by atoms with Crippen molar-refractivity contribution in [3.63, 3.8) is 0 Å². The largest absolute Gasteiger partial charge is 0.483 e. The maximum Gasteiger partial charge on any atom is 0.191 e. The second-order valence-electron chi connectivity index (χ2n) is 6.94. The molecule has 0 aliphatic heterocycles. The lowest BCUT2D eigenvalue weighted by Crippen LogP contribution is -2.59. The highest BCUT2D eigenvalue weighted by Gasteiger charge is 2.34. The summed E-state index contributed by atoms with van der Waals surface area (Å²) in [5.74, 6) is 0. The molecule has 1 rings (SSSR count). The number of anilines is 1. The monoisotopic (exact) mass is 325 g/mol. The molecule has 0 bridgehead atoms. The van der Waals surface area contributed by atoms with Gasteiger partial charge in [-0.3, -0.25) is 0 Å². The Bertz CT molecular complexity index is 446. The number of rotatable bonds is 5. The van der Waals surface area contributed by atoms with Gasteiger partial charge in [-0.15, -0.1) is 0 Å². The normalized spacial score (nSPS) is 12.2. The Labute approximate surface area is 131 Å². The first-order valence-corrected chi connectivity index (χ1v) is 14.4. The van der Waals surface area contributed by atoms with Crippen LogP contribution in [-0.4, -0.2) is 28.1 Å². The van der Waals surface area contributed by atoms with Gasteiger partial charge in [0.05, 0.1) is 6.61 Å². The van der Waals surface area contributed by atoms with Crippen LogP contribution in [0, 0.1) is 0 Å². The lowest BCUT2D eigenvalue weighted by molar-refractivity contribution is 0.337. The van der Waals surface area contributed by atoms with Crippen molar-refractivity contribution in [2.75, 3.05) is 10.8 Å². The second-order valence-corrected chi connectivity index (χ2v) is 17.3. The first-order chi connectivity index (χ1) is 9.07. The van der Waals surface area contributed by atoms with Crippen LogP contribution >= 0.6 is 12.2 Å². The van der Waals surface area contributed by atoms with E-state index < -0.39 is 16.5 Å².